The standard InChI is InChI=1S/C12H13FN2OS/c1-9(10-2-4-11(13)5-3-10)15-12(16)8-17-7-6-14/h2-5,9H,7-8H2,1H3,(H,15,16). The number of nitrogens with zero attached hydrogens (tertiary/aromatic N) is 1. The first-order valence-corrected chi connectivity index (χ1v) is 6.28. The summed E-state index contributed by atoms with van der Waals surface area (Å²) >= 11 is 1.27. The van der Waals surface area contributed by atoms with E-state index in [1.54, 1.807) is 12.1 Å². The van der Waals surface area contributed by atoms with Gasteiger partial charge in [0, 0.05) is 0 Å². The molecule has 90 valence electrons. The SMILES string of the molecule is CC(NC(=O)CSCC#N)c1ccc(F)cc1. The fourth-order valence-electron chi connectivity index (χ4n) is 1.31. The van der Waals surface area contributed by atoms with Crippen molar-refractivity contribution in [2.24, 2.45) is 0 Å². The highest BCUT2D eigenvalue weighted by Crippen LogP contribution is 2.13. The van der Waals surface area contributed by atoms with Crippen LogP contribution in [0.1, 0.15) is 18.5 Å². The van der Waals surface area contributed by atoms with Crippen LogP contribution in [0.15, 0.2) is 24.3 Å². The maximum absolute atomic E-state index is 12.7. The minimum Gasteiger partial charge on any atom is -0.349 e. The van der Waals surface area contributed by atoms with E-state index in [2.05, 4.69) is 5.32 Å². The second-order valence-corrected chi connectivity index (χ2v) is 4.48. The van der Waals surface area contributed by atoms with Crippen LogP contribution in [0.3, 0.4) is 0 Å². The van der Waals surface area contributed by atoms with Crippen LogP contribution in [0, 0.1) is 17.1 Å². The zero-order valence-electron chi connectivity index (χ0n) is 9.44. The smallest absolute Gasteiger partial charge is 0.230 e. The molecular weight excluding hydrogens is 239 g/mol. The Hall–Kier alpha value is -1.54. The van der Waals surface area contributed by atoms with Crippen molar-refractivity contribution in [2.75, 3.05) is 11.5 Å². The topological polar surface area (TPSA) is 52.9 Å². The van der Waals surface area contributed by atoms with Crippen molar-refractivity contribution < 1.29 is 9.18 Å². The first-order valence-electron chi connectivity index (χ1n) is 5.13. The lowest BCUT2D eigenvalue weighted by atomic mass is 10.1. The molecule has 5 heteroatoms. The molecule has 0 saturated heterocycles. The van der Waals surface area contributed by atoms with Crippen LogP contribution in [0.4, 0.5) is 4.39 Å². The quantitative estimate of drug-likeness (QED) is 0.818. The van der Waals surface area contributed by atoms with Gasteiger partial charge in [0.1, 0.15) is 5.82 Å². The molecular formula is C12H13FN2OS. The molecule has 1 rings (SSSR count). The number of hydrogen-bond acceptors (Lipinski definition) is 3. The molecule has 0 heterocycles. The third-order valence-corrected chi connectivity index (χ3v) is 2.95. The van der Waals surface area contributed by atoms with Crippen molar-refractivity contribution in [3.63, 3.8) is 0 Å². The zero-order chi connectivity index (χ0) is 12.7. The minimum absolute atomic E-state index is 0.123. The molecule has 0 saturated carbocycles. The summed E-state index contributed by atoms with van der Waals surface area (Å²) in [7, 11) is 0. The van der Waals surface area contributed by atoms with Crippen molar-refractivity contribution in [1.29, 1.82) is 5.26 Å². The first-order chi connectivity index (χ1) is 8.13. The maximum atomic E-state index is 12.7. The summed E-state index contributed by atoms with van der Waals surface area (Å²) in [6.45, 7) is 1.83. The van der Waals surface area contributed by atoms with E-state index in [4.69, 9.17) is 5.26 Å². The number of hydrogen-bond donors (Lipinski definition) is 1. The molecule has 0 spiro atoms. The lowest BCUT2D eigenvalue weighted by Gasteiger charge is -2.13. The molecule has 1 amide bonds. The van der Waals surface area contributed by atoms with Gasteiger partial charge >= 0.3 is 0 Å². The third-order valence-electron chi connectivity index (χ3n) is 2.15. The molecule has 3 nitrogen and oxygen atoms in total. The minimum atomic E-state index is -0.295. The molecule has 1 unspecified atom stereocenters. The summed E-state index contributed by atoms with van der Waals surface area (Å²) < 4.78 is 12.7. The Kier molecular flexibility index (Phi) is 5.50. The molecule has 1 atom stereocenters. The van der Waals surface area contributed by atoms with Crippen LogP contribution in [-0.4, -0.2) is 17.4 Å². The maximum Gasteiger partial charge on any atom is 0.230 e. The number of thioether (sulfide) groups is 1. The van der Waals surface area contributed by atoms with Crippen molar-refractivity contribution in [3.05, 3.63) is 35.6 Å². The highest BCUT2D eigenvalue weighted by molar-refractivity contribution is 8.00. The molecule has 0 fully saturated rings. The van der Waals surface area contributed by atoms with Crippen molar-refractivity contribution in [2.45, 2.75) is 13.0 Å². The molecule has 1 N–H and O–H groups in total. The van der Waals surface area contributed by atoms with Gasteiger partial charge in [0.05, 0.1) is 23.6 Å². The predicted octanol–water partition coefficient (Wildman–Crippen LogP) is 2.26. The van der Waals surface area contributed by atoms with E-state index in [9.17, 15) is 9.18 Å². The molecule has 0 aliphatic heterocycles. The first kappa shape index (κ1) is 13.5. The van der Waals surface area contributed by atoms with E-state index in [1.807, 2.05) is 13.0 Å². The summed E-state index contributed by atoms with van der Waals surface area (Å²) in [5, 5.41) is 11.1. The number of amides is 1. The Bertz CT molecular complexity index is 414. The highest BCUT2D eigenvalue weighted by Gasteiger charge is 2.09. The van der Waals surface area contributed by atoms with Gasteiger partial charge in [-0.3, -0.25) is 4.79 Å². The van der Waals surface area contributed by atoms with Gasteiger partial charge < -0.3 is 5.32 Å². The average molecular weight is 252 g/mol. The van der Waals surface area contributed by atoms with Gasteiger partial charge in [0.25, 0.3) is 0 Å². The fraction of sp³-hybridized carbons (Fsp3) is 0.333. The van der Waals surface area contributed by atoms with Gasteiger partial charge in [0.2, 0.25) is 5.91 Å². The van der Waals surface area contributed by atoms with Crippen molar-refractivity contribution in [1.82, 2.24) is 5.32 Å². The van der Waals surface area contributed by atoms with Crippen LogP contribution < -0.4 is 5.32 Å². The summed E-state index contributed by atoms with van der Waals surface area (Å²) in [4.78, 5) is 11.5. The molecule has 17 heavy (non-hydrogen) atoms. The predicted molar refractivity (Wildman–Crippen MR) is 65.9 cm³/mol. The van der Waals surface area contributed by atoms with Crippen LogP contribution in [-0.2, 0) is 4.79 Å². The zero-order valence-corrected chi connectivity index (χ0v) is 10.3. The lowest BCUT2D eigenvalue weighted by Crippen LogP contribution is -2.28. The number of halogens is 1. The number of rotatable bonds is 5. The van der Waals surface area contributed by atoms with E-state index in [1.165, 1.54) is 23.9 Å². The summed E-state index contributed by atoms with van der Waals surface area (Å²) in [5.41, 5.74) is 0.852. The van der Waals surface area contributed by atoms with Gasteiger partial charge in [-0.2, -0.15) is 5.26 Å². The number of benzene rings is 1. The third kappa shape index (κ3) is 4.87. The van der Waals surface area contributed by atoms with Gasteiger partial charge in [-0.25, -0.2) is 4.39 Å². The van der Waals surface area contributed by atoms with Crippen LogP contribution in [0.25, 0.3) is 0 Å². The highest BCUT2D eigenvalue weighted by atomic mass is 32.2. The normalized spacial score (nSPS) is 11.6. The lowest BCUT2D eigenvalue weighted by molar-refractivity contribution is -0.119. The Morgan fingerprint density at radius 2 is 2.18 bits per heavy atom. The van der Waals surface area contributed by atoms with Gasteiger partial charge in [-0.05, 0) is 24.6 Å². The molecule has 1 aromatic carbocycles. The van der Waals surface area contributed by atoms with E-state index >= 15 is 0 Å². The van der Waals surface area contributed by atoms with E-state index in [0.717, 1.165) is 5.56 Å². The number of nitrogens with one attached hydrogen (secondary N) is 1. The Morgan fingerprint density at radius 3 is 2.76 bits per heavy atom. The van der Waals surface area contributed by atoms with Crippen LogP contribution >= 0.6 is 11.8 Å². The largest absolute Gasteiger partial charge is 0.349 e. The molecule has 0 aromatic heterocycles. The van der Waals surface area contributed by atoms with Crippen molar-refractivity contribution in [3.8, 4) is 6.07 Å². The van der Waals surface area contributed by atoms with Gasteiger partial charge in [-0.15, -0.1) is 11.8 Å². The Labute approximate surface area is 104 Å². The molecule has 1 aromatic rings. The van der Waals surface area contributed by atoms with E-state index in [0.29, 0.717) is 5.75 Å². The fourth-order valence-corrected chi connectivity index (χ4v) is 1.77. The van der Waals surface area contributed by atoms with Gasteiger partial charge in [0.15, 0.2) is 0 Å². The summed E-state index contributed by atoms with van der Waals surface area (Å²) in [5.74, 6) is 0.149. The number of nitriles is 1. The average Bonchev–Trinajstić information content (AvgIpc) is 2.30. The van der Waals surface area contributed by atoms with E-state index in [-0.39, 0.29) is 23.5 Å². The van der Waals surface area contributed by atoms with Crippen LogP contribution in [0.5, 0.6) is 0 Å². The summed E-state index contributed by atoms with van der Waals surface area (Å²) in [6, 6.07) is 7.80. The second kappa shape index (κ2) is 6.92. The monoisotopic (exact) mass is 252 g/mol. The van der Waals surface area contributed by atoms with Gasteiger partial charge in [-0.1, -0.05) is 12.1 Å². The molecule has 0 aliphatic carbocycles. The Balaban J connectivity index is 2.43. The molecule has 0 aliphatic rings. The van der Waals surface area contributed by atoms with Crippen molar-refractivity contribution >= 4 is 17.7 Å². The van der Waals surface area contributed by atoms with Crippen LogP contribution in [0.2, 0.25) is 0 Å². The number of carbonyl (C=O) groups is 1. The Morgan fingerprint density at radius 1 is 1.53 bits per heavy atom. The summed E-state index contributed by atoms with van der Waals surface area (Å²) in [6.07, 6.45) is 0. The molecule has 0 radical (unpaired) electrons. The second-order valence-electron chi connectivity index (χ2n) is 3.49. The van der Waals surface area contributed by atoms with E-state index < -0.39 is 0 Å². The number of carbonyl (C=O) groups excluding carboxylic acids is 1. The molecule has 0 bridgehead atoms.